The molecule has 3 fully saturated rings. The fraction of sp³-hybridized carbons (Fsp3) is 0.727. The van der Waals surface area contributed by atoms with Gasteiger partial charge in [0.1, 0.15) is 6.10 Å². The molecular weight excluding hydrogens is 312 g/mol. The molecule has 3 heteroatoms. The summed E-state index contributed by atoms with van der Waals surface area (Å²) in [7, 11) is 0. The normalized spacial score (nSPS) is 40.8. The number of ether oxygens (including phenoxy) is 2. The van der Waals surface area contributed by atoms with Crippen molar-refractivity contribution in [1.82, 2.24) is 0 Å². The number of rotatable bonds is 5. The van der Waals surface area contributed by atoms with Crippen molar-refractivity contribution in [3.8, 4) is 0 Å². The van der Waals surface area contributed by atoms with Crippen molar-refractivity contribution in [3.63, 3.8) is 0 Å². The molecule has 0 amide bonds. The van der Waals surface area contributed by atoms with Crippen LogP contribution < -0.4 is 0 Å². The number of benzene rings is 1. The van der Waals surface area contributed by atoms with Crippen LogP contribution >= 0.6 is 0 Å². The van der Waals surface area contributed by atoms with Gasteiger partial charge in [-0.15, -0.1) is 0 Å². The Labute approximate surface area is 151 Å². The van der Waals surface area contributed by atoms with Gasteiger partial charge in [0, 0.05) is 6.42 Å². The maximum absolute atomic E-state index is 10.7. The lowest BCUT2D eigenvalue weighted by Gasteiger charge is -2.39. The van der Waals surface area contributed by atoms with E-state index in [9.17, 15) is 5.11 Å². The highest BCUT2D eigenvalue weighted by atomic mass is 16.7. The van der Waals surface area contributed by atoms with Crippen LogP contribution in [0, 0.1) is 22.7 Å². The van der Waals surface area contributed by atoms with Gasteiger partial charge in [0.25, 0.3) is 0 Å². The third kappa shape index (κ3) is 2.50. The average molecular weight is 344 g/mol. The van der Waals surface area contributed by atoms with Gasteiger partial charge >= 0.3 is 0 Å². The van der Waals surface area contributed by atoms with E-state index < -0.39 is 6.10 Å². The molecule has 1 N–H and O–H groups in total. The number of hydrogen-bond acceptors (Lipinski definition) is 3. The van der Waals surface area contributed by atoms with Crippen molar-refractivity contribution in [2.75, 3.05) is 0 Å². The SMILES string of the molecule is CC[C@H](O[C@@H]1C[C@H]2[C@H]3CC[C@@](C)([C@H]2O1)C3(C)C)[C@@H](O)c1ccccc1. The minimum Gasteiger partial charge on any atom is -0.386 e. The fourth-order valence-electron chi connectivity index (χ4n) is 6.03. The van der Waals surface area contributed by atoms with Gasteiger partial charge in [-0.2, -0.15) is 0 Å². The Bertz CT molecular complexity index is 613. The summed E-state index contributed by atoms with van der Waals surface area (Å²) in [6.07, 6.45) is 3.67. The molecule has 0 aromatic heterocycles. The zero-order valence-electron chi connectivity index (χ0n) is 15.9. The van der Waals surface area contributed by atoms with Gasteiger partial charge in [-0.05, 0) is 47.5 Å². The van der Waals surface area contributed by atoms with Gasteiger partial charge in [-0.3, -0.25) is 0 Å². The van der Waals surface area contributed by atoms with Gasteiger partial charge in [0.2, 0.25) is 0 Å². The molecule has 1 aliphatic heterocycles. The van der Waals surface area contributed by atoms with Crippen LogP contribution in [0.25, 0.3) is 0 Å². The van der Waals surface area contributed by atoms with E-state index in [2.05, 4.69) is 27.7 Å². The van der Waals surface area contributed by atoms with E-state index in [1.807, 2.05) is 30.3 Å². The molecular formula is C22H32O3. The first kappa shape index (κ1) is 17.5. The molecule has 0 spiro atoms. The molecule has 1 saturated heterocycles. The van der Waals surface area contributed by atoms with E-state index in [4.69, 9.17) is 9.47 Å². The van der Waals surface area contributed by atoms with Crippen molar-refractivity contribution in [2.24, 2.45) is 22.7 Å². The van der Waals surface area contributed by atoms with Crippen LogP contribution in [0.4, 0.5) is 0 Å². The molecule has 3 aliphatic rings. The van der Waals surface area contributed by atoms with Crippen LogP contribution in [0.15, 0.2) is 30.3 Å². The zero-order chi connectivity index (χ0) is 17.8. The third-order valence-corrected chi connectivity index (χ3v) is 7.89. The van der Waals surface area contributed by atoms with E-state index in [-0.39, 0.29) is 17.8 Å². The summed E-state index contributed by atoms with van der Waals surface area (Å²) >= 11 is 0. The summed E-state index contributed by atoms with van der Waals surface area (Å²) < 4.78 is 12.7. The lowest BCUT2D eigenvalue weighted by molar-refractivity contribution is -0.204. The molecule has 1 aromatic rings. The highest BCUT2D eigenvalue weighted by molar-refractivity contribution is 5.19. The molecule has 3 nitrogen and oxygen atoms in total. The summed E-state index contributed by atoms with van der Waals surface area (Å²) in [4.78, 5) is 0. The molecule has 0 radical (unpaired) electrons. The van der Waals surface area contributed by atoms with Crippen molar-refractivity contribution in [2.45, 2.75) is 78.0 Å². The van der Waals surface area contributed by atoms with E-state index in [0.717, 1.165) is 24.3 Å². The van der Waals surface area contributed by atoms with Crippen LogP contribution in [0.3, 0.4) is 0 Å². The average Bonchev–Trinajstić information content (AvgIpc) is 3.17. The summed E-state index contributed by atoms with van der Waals surface area (Å²) in [6.45, 7) is 9.34. The van der Waals surface area contributed by atoms with E-state index in [0.29, 0.717) is 17.4 Å². The minimum atomic E-state index is -0.598. The predicted octanol–water partition coefficient (Wildman–Crippen LogP) is 4.70. The van der Waals surface area contributed by atoms with Crippen molar-refractivity contribution < 1.29 is 14.6 Å². The molecule has 4 rings (SSSR count). The molecule has 2 bridgehead atoms. The van der Waals surface area contributed by atoms with Crippen LogP contribution in [-0.2, 0) is 9.47 Å². The van der Waals surface area contributed by atoms with Crippen LogP contribution in [0.5, 0.6) is 0 Å². The predicted molar refractivity (Wildman–Crippen MR) is 97.9 cm³/mol. The first-order valence-corrected chi connectivity index (χ1v) is 9.92. The van der Waals surface area contributed by atoms with Crippen LogP contribution in [0.1, 0.15) is 65.0 Å². The smallest absolute Gasteiger partial charge is 0.158 e. The largest absolute Gasteiger partial charge is 0.386 e. The Morgan fingerprint density at radius 2 is 1.96 bits per heavy atom. The van der Waals surface area contributed by atoms with Gasteiger partial charge in [0.15, 0.2) is 6.29 Å². The number of aliphatic hydroxyl groups excluding tert-OH is 1. The Hall–Kier alpha value is -0.900. The van der Waals surface area contributed by atoms with E-state index in [1.165, 1.54) is 12.8 Å². The molecule has 1 heterocycles. The summed E-state index contributed by atoms with van der Waals surface area (Å²) in [5.74, 6) is 1.36. The van der Waals surface area contributed by atoms with Crippen molar-refractivity contribution in [1.29, 1.82) is 0 Å². The summed E-state index contributed by atoms with van der Waals surface area (Å²) in [5.41, 5.74) is 1.54. The van der Waals surface area contributed by atoms with E-state index >= 15 is 0 Å². The lowest BCUT2D eigenvalue weighted by atomic mass is 9.70. The maximum Gasteiger partial charge on any atom is 0.158 e. The number of aliphatic hydroxyl groups is 1. The second-order valence-electron chi connectivity index (χ2n) is 9.11. The number of fused-ring (bicyclic) bond motifs is 5. The van der Waals surface area contributed by atoms with Gasteiger partial charge in [-0.1, -0.05) is 58.0 Å². The molecule has 2 saturated carbocycles. The van der Waals surface area contributed by atoms with Crippen LogP contribution in [-0.4, -0.2) is 23.6 Å². The lowest BCUT2D eigenvalue weighted by Crippen LogP contribution is -2.38. The number of hydrogen-bond donors (Lipinski definition) is 1. The van der Waals surface area contributed by atoms with Gasteiger partial charge in [-0.25, -0.2) is 0 Å². The first-order valence-electron chi connectivity index (χ1n) is 9.92. The topological polar surface area (TPSA) is 38.7 Å². The van der Waals surface area contributed by atoms with Crippen molar-refractivity contribution >= 4 is 0 Å². The Morgan fingerprint density at radius 1 is 1.24 bits per heavy atom. The third-order valence-electron chi connectivity index (χ3n) is 7.89. The van der Waals surface area contributed by atoms with Gasteiger partial charge < -0.3 is 14.6 Å². The van der Waals surface area contributed by atoms with E-state index in [1.54, 1.807) is 0 Å². The molecule has 2 aliphatic carbocycles. The Morgan fingerprint density at radius 3 is 2.60 bits per heavy atom. The maximum atomic E-state index is 10.7. The molecule has 7 atom stereocenters. The van der Waals surface area contributed by atoms with Crippen LogP contribution in [0.2, 0.25) is 0 Å². The summed E-state index contributed by atoms with van der Waals surface area (Å²) in [5, 5.41) is 10.7. The second kappa shape index (κ2) is 6.07. The molecule has 0 unspecified atom stereocenters. The van der Waals surface area contributed by atoms with Gasteiger partial charge in [0.05, 0.1) is 12.2 Å². The first-order chi connectivity index (χ1) is 11.9. The quantitative estimate of drug-likeness (QED) is 0.841. The highest BCUT2D eigenvalue weighted by Crippen LogP contribution is 2.71. The monoisotopic (exact) mass is 344 g/mol. The highest BCUT2D eigenvalue weighted by Gasteiger charge is 2.69. The van der Waals surface area contributed by atoms with Crippen molar-refractivity contribution in [3.05, 3.63) is 35.9 Å². The molecule has 138 valence electrons. The second-order valence-corrected chi connectivity index (χ2v) is 9.11. The molecule has 1 aromatic carbocycles. The minimum absolute atomic E-state index is 0.172. The molecule has 25 heavy (non-hydrogen) atoms. The summed E-state index contributed by atoms with van der Waals surface area (Å²) in [6, 6.07) is 9.82. The fourth-order valence-corrected chi connectivity index (χ4v) is 6.03. The zero-order valence-corrected chi connectivity index (χ0v) is 15.9. The Balaban J connectivity index is 1.45. The Kier molecular flexibility index (Phi) is 4.25. The standard InChI is InChI=1S/C22H32O3/c1-5-17(19(23)14-9-7-6-8-10-14)24-18-13-15-16-11-12-22(4,20(15)25-18)21(16,2)3/h6-10,15-20,23H,5,11-13H2,1-4H3/t15-,16+,17-,18-,19-,20-,22-/m0/s1.